The molecular weight excluding hydrogens is 385 g/mol. The van der Waals surface area contributed by atoms with Crippen LogP contribution in [0.1, 0.15) is 40.6 Å². The fraction of sp³-hybridized carbons (Fsp3) is 0.353. The van der Waals surface area contributed by atoms with E-state index >= 15 is 0 Å². The van der Waals surface area contributed by atoms with E-state index in [1.54, 1.807) is 23.1 Å². The third kappa shape index (κ3) is 3.84. The zero-order chi connectivity index (χ0) is 18.1. The summed E-state index contributed by atoms with van der Waals surface area (Å²) in [5, 5.41) is 1.27. The third-order valence-corrected chi connectivity index (χ3v) is 5.05. The Hall–Kier alpha value is -1.56. The number of aromatic nitrogens is 2. The lowest BCUT2D eigenvalue weighted by Gasteiger charge is -2.22. The van der Waals surface area contributed by atoms with Crippen molar-refractivity contribution in [2.24, 2.45) is 0 Å². The number of esters is 1. The van der Waals surface area contributed by atoms with Gasteiger partial charge < -0.3 is 9.64 Å². The van der Waals surface area contributed by atoms with Crippen molar-refractivity contribution >= 4 is 46.6 Å². The maximum absolute atomic E-state index is 12.0. The van der Waals surface area contributed by atoms with Crippen molar-refractivity contribution in [3.05, 3.63) is 50.3 Å². The highest BCUT2D eigenvalue weighted by atomic mass is 35.5. The van der Waals surface area contributed by atoms with Crippen LogP contribution >= 0.6 is 34.8 Å². The first-order valence-electron chi connectivity index (χ1n) is 7.72. The van der Waals surface area contributed by atoms with Gasteiger partial charge in [0, 0.05) is 35.1 Å². The third-order valence-electron chi connectivity index (χ3n) is 3.99. The molecule has 132 valence electrons. The molecule has 1 aliphatic rings. The molecule has 0 saturated heterocycles. The Balaban J connectivity index is 2.00. The molecule has 1 heterocycles. The standard InChI is InChI=1S/C17H16Cl3N3O2/c1-23(8-10-11(18)4-3-5-12(10)19)16-13(20)14(17(24)25-2)21-15(22-16)9-6-7-9/h3-5,9H,6-8H2,1-2H3. The van der Waals surface area contributed by atoms with Crippen LogP contribution in [0.2, 0.25) is 15.1 Å². The number of halogens is 3. The van der Waals surface area contributed by atoms with Crippen LogP contribution in [0.4, 0.5) is 5.82 Å². The second kappa shape index (κ2) is 7.36. The van der Waals surface area contributed by atoms with Gasteiger partial charge >= 0.3 is 5.97 Å². The van der Waals surface area contributed by atoms with Crippen LogP contribution in [-0.4, -0.2) is 30.1 Å². The van der Waals surface area contributed by atoms with Crippen molar-refractivity contribution in [1.29, 1.82) is 0 Å². The van der Waals surface area contributed by atoms with Crippen LogP contribution in [0.5, 0.6) is 0 Å². The van der Waals surface area contributed by atoms with Crippen LogP contribution in [0.15, 0.2) is 18.2 Å². The summed E-state index contributed by atoms with van der Waals surface area (Å²) in [7, 11) is 3.11. The number of methoxy groups -OCH3 is 1. The maximum atomic E-state index is 12.0. The Morgan fingerprint density at radius 3 is 2.44 bits per heavy atom. The Bertz CT molecular complexity index is 805. The molecule has 3 rings (SSSR count). The highest BCUT2D eigenvalue weighted by Crippen LogP contribution is 2.40. The van der Waals surface area contributed by atoms with E-state index in [1.165, 1.54) is 7.11 Å². The zero-order valence-corrected chi connectivity index (χ0v) is 16.0. The van der Waals surface area contributed by atoms with Gasteiger partial charge in [-0.05, 0) is 25.0 Å². The Morgan fingerprint density at radius 2 is 1.88 bits per heavy atom. The van der Waals surface area contributed by atoms with E-state index in [0.29, 0.717) is 28.2 Å². The average molecular weight is 401 g/mol. The molecule has 0 atom stereocenters. The van der Waals surface area contributed by atoms with Gasteiger partial charge in [-0.1, -0.05) is 40.9 Å². The summed E-state index contributed by atoms with van der Waals surface area (Å²) >= 11 is 18.9. The molecule has 0 N–H and O–H groups in total. The summed E-state index contributed by atoms with van der Waals surface area (Å²) in [6.07, 6.45) is 2.00. The van der Waals surface area contributed by atoms with Gasteiger partial charge in [0.2, 0.25) is 0 Å². The highest BCUT2D eigenvalue weighted by molar-refractivity contribution is 6.36. The van der Waals surface area contributed by atoms with Crippen molar-refractivity contribution in [3.8, 4) is 0 Å². The van der Waals surface area contributed by atoms with E-state index in [1.807, 2.05) is 7.05 Å². The smallest absolute Gasteiger partial charge is 0.358 e. The molecule has 0 radical (unpaired) electrons. The van der Waals surface area contributed by atoms with Gasteiger partial charge in [0.15, 0.2) is 11.5 Å². The maximum Gasteiger partial charge on any atom is 0.358 e. The van der Waals surface area contributed by atoms with E-state index in [-0.39, 0.29) is 16.6 Å². The molecule has 1 aromatic carbocycles. The molecular formula is C17H16Cl3N3O2. The second-order valence-electron chi connectivity index (χ2n) is 5.89. The summed E-state index contributed by atoms with van der Waals surface area (Å²) in [5.41, 5.74) is 0.837. The first-order chi connectivity index (χ1) is 11.9. The number of benzene rings is 1. The van der Waals surface area contributed by atoms with Crippen LogP contribution in [0, 0.1) is 0 Å². The predicted octanol–water partition coefficient (Wildman–Crippen LogP) is 4.74. The minimum atomic E-state index is -0.584. The Labute approximate surface area is 160 Å². The Kier molecular flexibility index (Phi) is 5.37. The average Bonchev–Trinajstić information content (AvgIpc) is 3.42. The summed E-state index contributed by atoms with van der Waals surface area (Å²) < 4.78 is 4.79. The van der Waals surface area contributed by atoms with Crippen LogP contribution in [0.25, 0.3) is 0 Å². The fourth-order valence-corrected chi connectivity index (χ4v) is 3.28. The van der Waals surface area contributed by atoms with E-state index in [4.69, 9.17) is 39.5 Å². The molecule has 1 aliphatic carbocycles. The minimum Gasteiger partial charge on any atom is -0.464 e. The molecule has 2 aromatic rings. The number of anilines is 1. The SMILES string of the molecule is COC(=O)c1nc(C2CC2)nc(N(C)Cc2c(Cl)cccc2Cl)c1Cl. The highest BCUT2D eigenvalue weighted by Gasteiger charge is 2.31. The van der Waals surface area contributed by atoms with Gasteiger partial charge in [0.05, 0.1) is 7.11 Å². The fourth-order valence-electron chi connectivity index (χ4n) is 2.46. The van der Waals surface area contributed by atoms with Crippen molar-refractivity contribution in [1.82, 2.24) is 9.97 Å². The quantitative estimate of drug-likeness (QED) is 0.679. The van der Waals surface area contributed by atoms with Crippen molar-refractivity contribution in [2.45, 2.75) is 25.3 Å². The first-order valence-corrected chi connectivity index (χ1v) is 8.85. The second-order valence-corrected chi connectivity index (χ2v) is 7.08. The summed E-state index contributed by atoms with van der Waals surface area (Å²) in [6, 6.07) is 5.33. The molecule has 0 unspecified atom stereocenters. The normalized spacial score (nSPS) is 13.6. The lowest BCUT2D eigenvalue weighted by Crippen LogP contribution is -2.21. The largest absolute Gasteiger partial charge is 0.464 e. The van der Waals surface area contributed by atoms with Crippen molar-refractivity contribution in [3.63, 3.8) is 0 Å². The van der Waals surface area contributed by atoms with Gasteiger partial charge in [-0.25, -0.2) is 14.8 Å². The van der Waals surface area contributed by atoms with Crippen molar-refractivity contribution < 1.29 is 9.53 Å². The molecule has 1 saturated carbocycles. The number of rotatable bonds is 5. The van der Waals surface area contributed by atoms with Crippen LogP contribution < -0.4 is 4.90 Å². The number of carbonyl (C=O) groups excluding carboxylic acids is 1. The Morgan fingerprint density at radius 1 is 1.24 bits per heavy atom. The molecule has 0 bridgehead atoms. The molecule has 0 spiro atoms. The van der Waals surface area contributed by atoms with Gasteiger partial charge in [-0.3, -0.25) is 0 Å². The minimum absolute atomic E-state index is 0.0770. The molecule has 8 heteroatoms. The van der Waals surface area contributed by atoms with Crippen LogP contribution in [0.3, 0.4) is 0 Å². The van der Waals surface area contributed by atoms with E-state index in [2.05, 4.69) is 9.97 Å². The summed E-state index contributed by atoms with van der Waals surface area (Å²) in [6.45, 7) is 0.389. The first kappa shape index (κ1) is 18.2. The van der Waals surface area contributed by atoms with Gasteiger partial charge in [-0.2, -0.15) is 0 Å². The molecule has 0 amide bonds. The van der Waals surface area contributed by atoms with Gasteiger partial charge in [0.1, 0.15) is 10.8 Å². The van der Waals surface area contributed by atoms with E-state index in [0.717, 1.165) is 18.4 Å². The van der Waals surface area contributed by atoms with Gasteiger partial charge in [0.25, 0.3) is 0 Å². The van der Waals surface area contributed by atoms with E-state index < -0.39 is 5.97 Å². The number of hydrogen-bond donors (Lipinski definition) is 0. The zero-order valence-electron chi connectivity index (χ0n) is 13.7. The number of ether oxygens (including phenoxy) is 1. The monoisotopic (exact) mass is 399 g/mol. The molecule has 1 aromatic heterocycles. The predicted molar refractivity (Wildman–Crippen MR) is 98.9 cm³/mol. The molecule has 1 fully saturated rings. The lowest BCUT2D eigenvalue weighted by atomic mass is 10.2. The van der Waals surface area contributed by atoms with Crippen molar-refractivity contribution in [2.75, 3.05) is 19.1 Å². The molecule has 0 aliphatic heterocycles. The number of hydrogen-bond acceptors (Lipinski definition) is 5. The molecule has 25 heavy (non-hydrogen) atoms. The van der Waals surface area contributed by atoms with Gasteiger partial charge in [-0.15, -0.1) is 0 Å². The summed E-state index contributed by atoms with van der Waals surface area (Å²) in [5.74, 6) is 0.739. The van der Waals surface area contributed by atoms with Crippen LogP contribution in [-0.2, 0) is 11.3 Å². The number of carbonyl (C=O) groups is 1. The molecule has 5 nitrogen and oxygen atoms in total. The summed E-state index contributed by atoms with van der Waals surface area (Å²) in [4.78, 5) is 22.7. The lowest BCUT2D eigenvalue weighted by molar-refractivity contribution is 0.0593. The van der Waals surface area contributed by atoms with E-state index in [9.17, 15) is 4.79 Å². The number of nitrogens with zero attached hydrogens (tertiary/aromatic N) is 3. The topological polar surface area (TPSA) is 55.3 Å².